The first-order valence-electron chi connectivity index (χ1n) is 10.7. The molecule has 0 bridgehead atoms. The molecule has 0 aromatic carbocycles. The molecule has 9 nitrogen and oxygen atoms in total. The minimum Gasteiger partial charge on any atom is -0.351 e. The van der Waals surface area contributed by atoms with Crippen LogP contribution in [0.3, 0.4) is 0 Å². The van der Waals surface area contributed by atoms with Crippen LogP contribution in [-0.4, -0.2) is 53.0 Å². The van der Waals surface area contributed by atoms with Gasteiger partial charge in [0.25, 0.3) is 6.43 Å². The van der Waals surface area contributed by atoms with Crippen LogP contribution in [-0.2, 0) is 11.3 Å². The number of amides is 1. The van der Waals surface area contributed by atoms with Crippen LogP contribution in [0.5, 0.6) is 0 Å². The molecule has 1 amide bonds. The van der Waals surface area contributed by atoms with Crippen LogP contribution in [0.4, 0.5) is 14.7 Å². The van der Waals surface area contributed by atoms with Gasteiger partial charge < -0.3 is 15.2 Å². The van der Waals surface area contributed by atoms with Gasteiger partial charge in [0.05, 0.1) is 23.8 Å². The van der Waals surface area contributed by atoms with E-state index in [9.17, 15) is 13.6 Å². The number of carbonyl (C=O) groups is 1. The van der Waals surface area contributed by atoms with Crippen LogP contribution >= 0.6 is 0 Å². The van der Waals surface area contributed by atoms with Crippen molar-refractivity contribution in [2.75, 3.05) is 5.32 Å². The van der Waals surface area contributed by atoms with Crippen molar-refractivity contribution in [2.24, 2.45) is 0 Å². The number of anilines is 1. The van der Waals surface area contributed by atoms with Crippen LogP contribution in [0, 0.1) is 6.92 Å². The summed E-state index contributed by atoms with van der Waals surface area (Å²) in [6, 6.07) is 3.90. The quantitative estimate of drug-likeness (QED) is 0.464. The molecule has 172 valence electrons. The largest absolute Gasteiger partial charge is 0.351 e. The van der Waals surface area contributed by atoms with Crippen molar-refractivity contribution in [3.05, 3.63) is 36.5 Å². The van der Waals surface area contributed by atoms with Gasteiger partial charge in [0.15, 0.2) is 5.65 Å². The molecule has 0 saturated heterocycles. The van der Waals surface area contributed by atoms with Gasteiger partial charge >= 0.3 is 0 Å². The Labute approximate surface area is 188 Å². The molecule has 0 aliphatic heterocycles. The van der Waals surface area contributed by atoms with Crippen LogP contribution in [0.2, 0.25) is 0 Å². The monoisotopic (exact) mass is 454 g/mol. The summed E-state index contributed by atoms with van der Waals surface area (Å²) in [5, 5.41) is 10.8. The van der Waals surface area contributed by atoms with Crippen LogP contribution in [0.1, 0.15) is 32.5 Å². The average Bonchev–Trinajstić information content (AvgIpc) is 3.26. The van der Waals surface area contributed by atoms with E-state index in [0.717, 1.165) is 29.5 Å². The summed E-state index contributed by atoms with van der Waals surface area (Å²) in [5.74, 6) is 0.966. The van der Waals surface area contributed by atoms with Gasteiger partial charge in [-0.1, -0.05) is 0 Å². The normalized spacial score (nSPS) is 20.4. The molecule has 4 aromatic heterocycles. The van der Waals surface area contributed by atoms with Gasteiger partial charge in [-0.3, -0.25) is 4.79 Å². The molecule has 1 aliphatic rings. The summed E-state index contributed by atoms with van der Waals surface area (Å²) >= 11 is 0. The third-order valence-corrected chi connectivity index (χ3v) is 6.05. The number of rotatable bonds is 6. The standard InChI is InChI=1S/C22H24F2N8O/c1-12-27-20-17(31(12)11-19(23)24)6-14(9-25-20)16-4-5-32-18(16)10-26-21(30-32)28-15-7-22(3,8-15)29-13(2)33/h4-6,9-10,15,19H,7-8,11H2,1-3H3,(H,28,30)(H,29,33). The lowest BCUT2D eigenvalue weighted by atomic mass is 9.74. The third kappa shape index (κ3) is 3.98. The molecule has 1 aliphatic carbocycles. The Bertz CT molecular complexity index is 1360. The fourth-order valence-corrected chi connectivity index (χ4v) is 4.68. The van der Waals surface area contributed by atoms with Crippen LogP contribution < -0.4 is 10.6 Å². The number of carbonyl (C=O) groups excluding carboxylic acids is 1. The number of aromatic nitrogens is 6. The Morgan fingerprint density at radius 1 is 1.27 bits per heavy atom. The summed E-state index contributed by atoms with van der Waals surface area (Å²) in [7, 11) is 0. The maximum Gasteiger partial charge on any atom is 0.256 e. The Morgan fingerprint density at radius 2 is 2.06 bits per heavy atom. The van der Waals surface area contributed by atoms with Crippen LogP contribution in [0.15, 0.2) is 30.7 Å². The fourth-order valence-electron chi connectivity index (χ4n) is 4.68. The summed E-state index contributed by atoms with van der Waals surface area (Å²) in [5.41, 5.74) is 3.20. The molecule has 0 atom stereocenters. The average molecular weight is 454 g/mol. The first-order valence-corrected chi connectivity index (χ1v) is 10.7. The molecule has 2 N–H and O–H groups in total. The predicted octanol–water partition coefficient (Wildman–Crippen LogP) is 3.18. The number of imidazole rings is 1. The number of halogens is 2. The van der Waals surface area contributed by atoms with Gasteiger partial charge in [0.1, 0.15) is 5.82 Å². The highest BCUT2D eigenvalue weighted by atomic mass is 19.3. The van der Waals surface area contributed by atoms with Gasteiger partial charge in [0, 0.05) is 42.0 Å². The van der Waals surface area contributed by atoms with E-state index in [-0.39, 0.29) is 17.5 Å². The van der Waals surface area contributed by atoms with E-state index >= 15 is 0 Å². The third-order valence-electron chi connectivity index (χ3n) is 6.05. The second-order valence-corrected chi connectivity index (χ2v) is 8.86. The fraction of sp³-hybridized carbons (Fsp3) is 0.409. The number of hydrogen-bond acceptors (Lipinski definition) is 6. The van der Waals surface area contributed by atoms with Crippen LogP contribution in [0.25, 0.3) is 27.8 Å². The maximum absolute atomic E-state index is 13.0. The summed E-state index contributed by atoms with van der Waals surface area (Å²) in [6.07, 6.45) is 4.34. The molecule has 0 spiro atoms. The zero-order valence-corrected chi connectivity index (χ0v) is 18.5. The molecule has 11 heteroatoms. The summed E-state index contributed by atoms with van der Waals surface area (Å²) in [6.45, 7) is 4.81. The molecule has 4 heterocycles. The molecule has 1 saturated carbocycles. The molecule has 4 aromatic rings. The molecule has 33 heavy (non-hydrogen) atoms. The minimum atomic E-state index is -2.48. The maximum atomic E-state index is 13.0. The Morgan fingerprint density at radius 3 is 2.79 bits per heavy atom. The number of pyridine rings is 1. The molecule has 5 rings (SSSR count). The van der Waals surface area contributed by atoms with E-state index < -0.39 is 13.0 Å². The predicted molar refractivity (Wildman–Crippen MR) is 119 cm³/mol. The molecule has 0 radical (unpaired) electrons. The first kappa shape index (κ1) is 21.2. The van der Waals surface area contributed by atoms with E-state index in [2.05, 4.69) is 30.7 Å². The molecule has 0 unspecified atom stereocenters. The van der Waals surface area contributed by atoms with Crippen molar-refractivity contribution < 1.29 is 13.6 Å². The van der Waals surface area contributed by atoms with E-state index in [1.165, 1.54) is 11.5 Å². The number of nitrogens with zero attached hydrogens (tertiary/aromatic N) is 6. The molecular weight excluding hydrogens is 430 g/mol. The smallest absolute Gasteiger partial charge is 0.256 e. The zero-order valence-electron chi connectivity index (χ0n) is 18.5. The Kier molecular flexibility index (Phi) is 4.98. The van der Waals surface area contributed by atoms with E-state index in [1.54, 1.807) is 23.8 Å². The van der Waals surface area contributed by atoms with Crippen molar-refractivity contribution in [3.63, 3.8) is 0 Å². The van der Waals surface area contributed by atoms with Crippen molar-refractivity contribution in [1.82, 2.24) is 34.4 Å². The SMILES string of the molecule is CC(=O)NC1(C)CC(Nc2ncc3c(-c4cnc5nc(C)n(CC(F)F)c5c4)ccn3n2)C1. The minimum absolute atomic E-state index is 0.0337. The van der Waals surface area contributed by atoms with E-state index in [1.807, 2.05) is 25.3 Å². The van der Waals surface area contributed by atoms with Crippen molar-refractivity contribution in [3.8, 4) is 11.1 Å². The highest BCUT2D eigenvalue weighted by molar-refractivity contribution is 5.85. The Balaban J connectivity index is 1.39. The van der Waals surface area contributed by atoms with Gasteiger partial charge in [-0.2, -0.15) is 0 Å². The van der Waals surface area contributed by atoms with Crippen molar-refractivity contribution in [2.45, 2.75) is 58.2 Å². The first-order chi connectivity index (χ1) is 15.7. The topological polar surface area (TPSA) is 102 Å². The van der Waals surface area contributed by atoms with Gasteiger partial charge in [-0.15, -0.1) is 5.10 Å². The van der Waals surface area contributed by atoms with Crippen molar-refractivity contribution >= 4 is 28.5 Å². The molecular formula is C22H24F2N8O. The lowest BCUT2D eigenvalue weighted by molar-refractivity contribution is -0.121. The second-order valence-electron chi connectivity index (χ2n) is 8.86. The number of nitrogens with one attached hydrogen (secondary N) is 2. The zero-order chi connectivity index (χ0) is 23.3. The van der Waals surface area contributed by atoms with Gasteiger partial charge in [-0.25, -0.2) is 28.2 Å². The van der Waals surface area contributed by atoms with Gasteiger partial charge in [-0.05, 0) is 38.8 Å². The number of aryl methyl sites for hydroxylation is 1. The van der Waals surface area contributed by atoms with E-state index in [0.29, 0.717) is 22.9 Å². The van der Waals surface area contributed by atoms with Gasteiger partial charge in [0.2, 0.25) is 11.9 Å². The number of fused-ring (bicyclic) bond motifs is 2. The Hall–Kier alpha value is -3.63. The highest BCUT2D eigenvalue weighted by Crippen LogP contribution is 2.34. The lowest BCUT2D eigenvalue weighted by Crippen LogP contribution is -2.59. The summed E-state index contributed by atoms with van der Waals surface area (Å²) in [4.78, 5) is 24.4. The lowest BCUT2D eigenvalue weighted by Gasteiger charge is -2.45. The second kappa shape index (κ2) is 7.75. The number of hydrogen-bond donors (Lipinski definition) is 2. The van der Waals surface area contributed by atoms with E-state index in [4.69, 9.17) is 0 Å². The summed E-state index contributed by atoms with van der Waals surface area (Å²) < 4.78 is 29.3. The van der Waals surface area contributed by atoms with Crippen molar-refractivity contribution in [1.29, 1.82) is 0 Å². The number of alkyl halides is 2. The highest BCUT2D eigenvalue weighted by Gasteiger charge is 2.41. The molecule has 1 fully saturated rings.